The van der Waals surface area contributed by atoms with Gasteiger partial charge in [-0.1, -0.05) is 0 Å². The third-order valence-corrected chi connectivity index (χ3v) is 1.78. The molecule has 1 fully saturated rings. The Kier molecular flexibility index (Phi) is 2.10. The van der Waals surface area contributed by atoms with Gasteiger partial charge in [0, 0.05) is 0 Å². The molecule has 1 rings (SSSR count). The van der Waals surface area contributed by atoms with Crippen molar-refractivity contribution in [3.63, 3.8) is 0 Å². The lowest BCUT2D eigenvalue weighted by Crippen LogP contribution is -3.08. The largest absolute Gasteiger partial charge is 0.309 e. The monoisotopic (exact) mass is 112 g/mol. The summed E-state index contributed by atoms with van der Waals surface area (Å²) in [6.45, 7) is 6.37. The van der Waals surface area contributed by atoms with E-state index in [2.05, 4.69) is 6.58 Å². The maximum atomic E-state index is 3.75. The zero-order valence-electron chi connectivity index (χ0n) is 5.32. The van der Waals surface area contributed by atoms with Crippen molar-refractivity contribution in [1.29, 1.82) is 0 Å². The van der Waals surface area contributed by atoms with E-state index in [9.17, 15) is 0 Å². The van der Waals surface area contributed by atoms with Gasteiger partial charge in [-0.15, -0.1) is 0 Å². The zero-order valence-corrected chi connectivity index (χ0v) is 5.32. The Hall–Kier alpha value is -0.300. The molecule has 0 aromatic carbocycles. The van der Waals surface area contributed by atoms with Crippen molar-refractivity contribution in [2.45, 2.75) is 19.3 Å². The van der Waals surface area contributed by atoms with E-state index in [1.54, 1.807) is 4.90 Å². The first-order valence-corrected chi connectivity index (χ1v) is 3.40. The van der Waals surface area contributed by atoms with Crippen LogP contribution in [0, 0.1) is 0 Å². The van der Waals surface area contributed by atoms with Crippen LogP contribution in [0.3, 0.4) is 0 Å². The molecule has 0 amide bonds. The van der Waals surface area contributed by atoms with Crippen molar-refractivity contribution in [3.8, 4) is 0 Å². The second-order valence-electron chi connectivity index (χ2n) is 2.42. The van der Waals surface area contributed by atoms with Crippen molar-refractivity contribution >= 4 is 0 Å². The Labute approximate surface area is 51.0 Å². The van der Waals surface area contributed by atoms with Gasteiger partial charge in [0.15, 0.2) is 0 Å². The molecule has 0 radical (unpaired) electrons. The van der Waals surface area contributed by atoms with Crippen molar-refractivity contribution in [3.05, 3.63) is 12.8 Å². The number of quaternary nitrogens is 1. The first-order valence-electron chi connectivity index (χ1n) is 3.40. The van der Waals surface area contributed by atoms with Crippen LogP contribution >= 0.6 is 0 Å². The number of hydrogen-bond donors (Lipinski definition) is 1. The smallest absolute Gasteiger partial charge is 0.0869 e. The van der Waals surface area contributed by atoms with Crippen LogP contribution in [0.5, 0.6) is 0 Å². The lowest BCUT2D eigenvalue weighted by atomic mass is 10.1. The van der Waals surface area contributed by atoms with Crippen LogP contribution < -0.4 is 4.90 Å². The summed E-state index contributed by atoms with van der Waals surface area (Å²) in [6, 6.07) is 0. The Morgan fingerprint density at radius 2 is 1.75 bits per heavy atom. The molecule has 0 aliphatic carbocycles. The molecule has 1 aliphatic heterocycles. The van der Waals surface area contributed by atoms with Gasteiger partial charge in [0.1, 0.15) is 0 Å². The van der Waals surface area contributed by atoms with Crippen molar-refractivity contribution in [2.24, 2.45) is 0 Å². The van der Waals surface area contributed by atoms with Crippen LogP contribution in [0.4, 0.5) is 0 Å². The molecule has 1 heterocycles. The highest BCUT2D eigenvalue weighted by molar-refractivity contribution is 4.52. The summed E-state index contributed by atoms with van der Waals surface area (Å²) in [5.41, 5.74) is 0. The Balaban J connectivity index is 2.22. The molecule has 1 heteroatoms. The van der Waals surface area contributed by atoms with E-state index < -0.39 is 0 Å². The average molecular weight is 112 g/mol. The van der Waals surface area contributed by atoms with Crippen molar-refractivity contribution in [1.82, 2.24) is 0 Å². The molecule has 1 nitrogen and oxygen atoms in total. The summed E-state index contributed by atoms with van der Waals surface area (Å²) < 4.78 is 0. The third-order valence-electron chi connectivity index (χ3n) is 1.78. The number of hydrogen-bond acceptors (Lipinski definition) is 0. The quantitative estimate of drug-likeness (QED) is 0.494. The second-order valence-corrected chi connectivity index (χ2v) is 2.42. The van der Waals surface area contributed by atoms with Crippen LogP contribution in [0.25, 0.3) is 0 Å². The van der Waals surface area contributed by atoms with Crippen LogP contribution in [0.1, 0.15) is 19.3 Å². The minimum atomic E-state index is 1.31. The van der Waals surface area contributed by atoms with E-state index in [-0.39, 0.29) is 0 Å². The fourth-order valence-corrected chi connectivity index (χ4v) is 1.21. The standard InChI is InChI=1S/C7H13N/c1-2-8-6-4-3-5-7-8/h2H,1,3-7H2/p+1. The maximum Gasteiger partial charge on any atom is 0.0869 e. The molecular formula is C7H14N+. The molecule has 0 aromatic heterocycles. The summed E-state index contributed by atoms with van der Waals surface area (Å²) in [5.74, 6) is 0. The molecule has 0 saturated carbocycles. The lowest BCUT2D eigenvalue weighted by Gasteiger charge is -2.18. The molecular weight excluding hydrogens is 98.1 g/mol. The zero-order chi connectivity index (χ0) is 5.82. The third kappa shape index (κ3) is 1.34. The minimum Gasteiger partial charge on any atom is -0.309 e. The predicted molar refractivity (Wildman–Crippen MR) is 34.7 cm³/mol. The van der Waals surface area contributed by atoms with Gasteiger partial charge in [-0.2, -0.15) is 0 Å². The van der Waals surface area contributed by atoms with Gasteiger partial charge in [0.25, 0.3) is 0 Å². The minimum absolute atomic E-state index is 1.31. The van der Waals surface area contributed by atoms with E-state index in [0.717, 1.165) is 0 Å². The van der Waals surface area contributed by atoms with Gasteiger partial charge >= 0.3 is 0 Å². The van der Waals surface area contributed by atoms with Crippen molar-refractivity contribution < 1.29 is 4.90 Å². The van der Waals surface area contributed by atoms with Gasteiger partial charge in [-0.3, -0.25) is 0 Å². The summed E-state index contributed by atoms with van der Waals surface area (Å²) in [4.78, 5) is 1.57. The summed E-state index contributed by atoms with van der Waals surface area (Å²) >= 11 is 0. The second kappa shape index (κ2) is 2.88. The van der Waals surface area contributed by atoms with E-state index in [1.807, 2.05) is 6.20 Å². The topological polar surface area (TPSA) is 4.44 Å². The number of rotatable bonds is 1. The molecule has 0 atom stereocenters. The van der Waals surface area contributed by atoms with Gasteiger partial charge in [0.05, 0.1) is 19.3 Å². The molecule has 0 bridgehead atoms. The van der Waals surface area contributed by atoms with Crippen LogP contribution in [-0.2, 0) is 0 Å². The SMILES string of the molecule is C=C[NH+]1CCCCC1. The number of likely N-dealkylation sites (tertiary alicyclic amines) is 1. The van der Waals surface area contributed by atoms with Gasteiger partial charge in [-0.05, 0) is 25.8 Å². The Morgan fingerprint density at radius 3 is 2.12 bits per heavy atom. The van der Waals surface area contributed by atoms with Crippen molar-refractivity contribution in [2.75, 3.05) is 13.1 Å². The Bertz CT molecular complexity index is 72.5. The lowest BCUT2D eigenvalue weighted by molar-refractivity contribution is -0.851. The first kappa shape index (κ1) is 5.83. The maximum absolute atomic E-state index is 3.75. The fraction of sp³-hybridized carbons (Fsp3) is 0.714. The highest BCUT2D eigenvalue weighted by atomic mass is 15.1. The highest BCUT2D eigenvalue weighted by Gasteiger charge is 2.08. The van der Waals surface area contributed by atoms with Crippen LogP contribution in [0.15, 0.2) is 12.8 Å². The van der Waals surface area contributed by atoms with E-state index >= 15 is 0 Å². The summed E-state index contributed by atoms with van der Waals surface area (Å²) in [5, 5.41) is 0. The molecule has 46 valence electrons. The molecule has 8 heavy (non-hydrogen) atoms. The fourth-order valence-electron chi connectivity index (χ4n) is 1.21. The van der Waals surface area contributed by atoms with E-state index in [4.69, 9.17) is 0 Å². The molecule has 1 N–H and O–H groups in total. The van der Waals surface area contributed by atoms with Gasteiger partial charge in [0.2, 0.25) is 0 Å². The molecule has 0 unspecified atom stereocenters. The van der Waals surface area contributed by atoms with Gasteiger partial charge in [-0.25, -0.2) is 0 Å². The first-order chi connectivity index (χ1) is 3.93. The normalized spacial score (nSPS) is 23.0. The van der Waals surface area contributed by atoms with E-state index in [0.29, 0.717) is 0 Å². The van der Waals surface area contributed by atoms with Crippen LogP contribution in [-0.4, -0.2) is 13.1 Å². The number of nitrogens with one attached hydrogen (secondary N) is 1. The Morgan fingerprint density at radius 1 is 1.12 bits per heavy atom. The van der Waals surface area contributed by atoms with E-state index in [1.165, 1.54) is 32.4 Å². The summed E-state index contributed by atoms with van der Waals surface area (Å²) in [6.07, 6.45) is 6.24. The molecule has 1 saturated heterocycles. The highest BCUT2D eigenvalue weighted by Crippen LogP contribution is 1.93. The predicted octanol–water partition coefficient (Wildman–Crippen LogP) is 0.199. The summed E-state index contributed by atoms with van der Waals surface area (Å²) in [7, 11) is 0. The van der Waals surface area contributed by atoms with Gasteiger partial charge < -0.3 is 4.90 Å². The molecule has 1 aliphatic rings. The van der Waals surface area contributed by atoms with Crippen LogP contribution in [0.2, 0.25) is 0 Å². The molecule has 0 spiro atoms. The average Bonchev–Trinajstić information content (AvgIpc) is 1.90. The molecule has 0 aromatic rings. The number of piperidine rings is 1.